The molecule has 3 atom stereocenters. The average molecular weight is 565 g/mol. The molecule has 2 N–H and O–H groups in total. The van der Waals surface area contributed by atoms with Crippen molar-refractivity contribution in [1.82, 2.24) is 24.8 Å². The van der Waals surface area contributed by atoms with Gasteiger partial charge in [0.05, 0.1) is 12.4 Å². The van der Waals surface area contributed by atoms with Gasteiger partial charge in [0.2, 0.25) is 11.8 Å². The van der Waals surface area contributed by atoms with E-state index in [1.54, 1.807) is 29.5 Å². The predicted molar refractivity (Wildman–Crippen MR) is 152 cm³/mol. The fourth-order valence-electron chi connectivity index (χ4n) is 6.05. The highest BCUT2D eigenvalue weighted by Gasteiger charge is 2.38. The molecule has 3 aromatic rings. The van der Waals surface area contributed by atoms with Crippen LogP contribution in [0.3, 0.4) is 0 Å². The van der Waals surface area contributed by atoms with Crippen molar-refractivity contribution in [2.75, 3.05) is 18.4 Å². The van der Waals surface area contributed by atoms with Crippen LogP contribution in [0, 0.1) is 11.6 Å². The standard InChI is InChI=1S/C31H38F2N6O2/c1-4-5-27(36-24-7-6-21-14-23(32)15-26(33)25(21)16-24)29(40)37-28-18-39(19-35-28)31(2,3)30(41)38-13-10-22(17-38)20-8-11-34-12-9-20/h8-9,11-12,14-15,18-19,22,24,27,36H,4-7,10,13,16-17H2,1-3H3,(H,37,40)/t22?,24?,27-/m0/s1. The Labute approximate surface area is 239 Å². The van der Waals surface area contributed by atoms with Gasteiger partial charge >= 0.3 is 0 Å². The maximum Gasteiger partial charge on any atom is 0.248 e. The summed E-state index contributed by atoms with van der Waals surface area (Å²) in [6, 6.07) is 5.73. The van der Waals surface area contributed by atoms with Crippen LogP contribution in [0.1, 0.15) is 69.1 Å². The van der Waals surface area contributed by atoms with E-state index >= 15 is 0 Å². The molecule has 5 rings (SSSR count). The van der Waals surface area contributed by atoms with E-state index in [2.05, 4.69) is 20.6 Å². The van der Waals surface area contributed by atoms with E-state index in [1.807, 2.05) is 37.8 Å². The zero-order valence-electron chi connectivity index (χ0n) is 23.9. The number of halogens is 2. The fraction of sp³-hybridized carbons (Fsp3) is 0.484. The number of carbonyl (C=O) groups excluding carboxylic acids is 2. The van der Waals surface area contributed by atoms with Crippen LogP contribution in [0.4, 0.5) is 14.6 Å². The molecule has 0 radical (unpaired) electrons. The fourth-order valence-corrected chi connectivity index (χ4v) is 6.05. The smallest absolute Gasteiger partial charge is 0.248 e. The number of nitrogens with one attached hydrogen (secondary N) is 2. The van der Waals surface area contributed by atoms with Crippen molar-refractivity contribution in [3.63, 3.8) is 0 Å². The number of aromatic nitrogens is 3. The van der Waals surface area contributed by atoms with E-state index in [0.717, 1.165) is 18.9 Å². The third kappa shape index (κ3) is 6.32. The number of hydrogen-bond acceptors (Lipinski definition) is 5. The van der Waals surface area contributed by atoms with Crippen molar-refractivity contribution in [1.29, 1.82) is 0 Å². The third-order valence-electron chi connectivity index (χ3n) is 8.45. The second-order valence-corrected chi connectivity index (χ2v) is 11.7. The van der Waals surface area contributed by atoms with E-state index in [9.17, 15) is 18.4 Å². The van der Waals surface area contributed by atoms with Gasteiger partial charge < -0.3 is 20.1 Å². The summed E-state index contributed by atoms with van der Waals surface area (Å²) >= 11 is 0. The van der Waals surface area contributed by atoms with Crippen molar-refractivity contribution in [2.45, 2.75) is 82.8 Å². The van der Waals surface area contributed by atoms with Gasteiger partial charge in [0, 0.05) is 49.7 Å². The Morgan fingerprint density at radius 2 is 1.95 bits per heavy atom. The van der Waals surface area contributed by atoms with Gasteiger partial charge in [-0.25, -0.2) is 13.8 Å². The van der Waals surface area contributed by atoms with Crippen molar-refractivity contribution in [3.05, 3.63) is 77.5 Å². The normalized spacial score (nSPS) is 19.6. The summed E-state index contributed by atoms with van der Waals surface area (Å²) in [4.78, 5) is 37.2. The Balaban J connectivity index is 1.21. The molecule has 1 aromatic carbocycles. The highest BCUT2D eigenvalue weighted by Crippen LogP contribution is 2.30. The summed E-state index contributed by atoms with van der Waals surface area (Å²) in [5, 5.41) is 6.29. The van der Waals surface area contributed by atoms with Crippen LogP contribution in [0.5, 0.6) is 0 Å². The molecule has 2 amide bonds. The molecule has 2 unspecified atom stereocenters. The first-order valence-corrected chi connectivity index (χ1v) is 14.4. The average Bonchev–Trinajstić information content (AvgIpc) is 3.64. The van der Waals surface area contributed by atoms with Gasteiger partial charge in [0.15, 0.2) is 5.82 Å². The summed E-state index contributed by atoms with van der Waals surface area (Å²) in [7, 11) is 0. The number of pyridine rings is 1. The lowest BCUT2D eigenvalue weighted by Gasteiger charge is -2.30. The number of rotatable bonds is 9. The molecule has 8 nitrogen and oxygen atoms in total. The number of fused-ring (bicyclic) bond motifs is 1. The molecular formula is C31H38F2N6O2. The van der Waals surface area contributed by atoms with Gasteiger partial charge in [-0.15, -0.1) is 0 Å². The van der Waals surface area contributed by atoms with Gasteiger partial charge in [-0.2, -0.15) is 0 Å². The monoisotopic (exact) mass is 564 g/mol. The summed E-state index contributed by atoms with van der Waals surface area (Å²) < 4.78 is 29.8. The predicted octanol–water partition coefficient (Wildman–Crippen LogP) is 4.56. The zero-order chi connectivity index (χ0) is 29.1. The van der Waals surface area contributed by atoms with Gasteiger partial charge in [0.25, 0.3) is 0 Å². The third-order valence-corrected chi connectivity index (χ3v) is 8.45. The molecule has 2 aliphatic rings. The van der Waals surface area contributed by atoms with E-state index in [4.69, 9.17) is 0 Å². The Hall–Kier alpha value is -3.66. The van der Waals surface area contributed by atoms with Crippen LogP contribution in [0.2, 0.25) is 0 Å². The van der Waals surface area contributed by atoms with E-state index in [0.29, 0.717) is 55.7 Å². The second-order valence-electron chi connectivity index (χ2n) is 11.7. The molecule has 0 saturated carbocycles. The Bertz CT molecular complexity index is 1390. The highest BCUT2D eigenvalue weighted by atomic mass is 19.1. The second kappa shape index (κ2) is 12.1. The van der Waals surface area contributed by atoms with Crippen LogP contribution in [0.25, 0.3) is 0 Å². The topological polar surface area (TPSA) is 92.2 Å². The molecule has 1 aliphatic heterocycles. The van der Waals surface area contributed by atoms with Gasteiger partial charge in [-0.3, -0.25) is 14.6 Å². The van der Waals surface area contributed by atoms with Gasteiger partial charge in [0.1, 0.15) is 17.2 Å². The van der Waals surface area contributed by atoms with Crippen molar-refractivity contribution in [2.24, 2.45) is 0 Å². The highest BCUT2D eigenvalue weighted by molar-refractivity contribution is 5.94. The maximum absolute atomic E-state index is 14.4. The number of anilines is 1. The first kappa shape index (κ1) is 28.9. The van der Waals surface area contributed by atoms with E-state index in [-0.39, 0.29) is 23.8 Å². The summed E-state index contributed by atoms with van der Waals surface area (Å²) in [5.74, 6) is -0.674. The first-order chi connectivity index (χ1) is 19.7. The lowest BCUT2D eigenvalue weighted by Crippen LogP contribution is -2.48. The molecular weight excluding hydrogens is 526 g/mol. The molecule has 1 saturated heterocycles. The number of likely N-dealkylation sites (tertiary alicyclic amines) is 1. The minimum Gasteiger partial charge on any atom is -0.340 e. The Kier molecular flexibility index (Phi) is 8.49. The largest absolute Gasteiger partial charge is 0.340 e. The molecule has 10 heteroatoms. The first-order valence-electron chi connectivity index (χ1n) is 14.4. The molecule has 1 aliphatic carbocycles. The maximum atomic E-state index is 14.4. The summed E-state index contributed by atoms with van der Waals surface area (Å²) in [6.45, 7) is 7.05. The van der Waals surface area contributed by atoms with Crippen LogP contribution in [-0.2, 0) is 28.0 Å². The minimum absolute atomic E-state index is 0.000415. The zero-order valence-corrected chi connectivity index (χ0v) is 23.9. The van der Waals surface area contributed by atoms with Gasteiger partial charge in [-0.05, 0) is 80.8 Å². The summed E-state index contributed by atoms with van der Waals surface area (Å²) in [5.41, 5.74) is 1.51. The number of hydrogen-bond donors (Lipinski definition) is 2. The SMILES string of the molecule is CCC[C@H](NC1CCc2cc(F)cc(F)c2C1)C(=O)Nc1cn(C(C)(C)C(=O)N2CCC(c3ccncc3)C2)cn1. The molecule has 1 fully saturated rings. The number of imidazole rings is 1. The van der Waals surface area contributed by atoms with Crippen LogP contribution < -0.4 is 10.6 Å². The lowest BCUT2D eigenvalue weighted by atomic mass is 9.87. The Morgan fingerprint density at radius 1 is 1.17 bits per heavy atom. The van der Waals surface area contributed by atoms with E-state index < -0.39 is 23.2 Å². The molecule has 0 spiro atoms. The number of carbonyl (C=O) groups is 2. The number of nitrogens with zero attached hydrogens (tertiary/aromatic N) is 4. The van der Waals surface area contributed by atoms with Crippen LogP contribution in [-0.4, -0.2) is 56.4 Å². The van der Waals surface area contributed by atoms with Gasteiger partial charge in [-0.1, -0.05) is 13.3 Å². The molecule has 41 heavy (non-hydrogen) atoms. The number of aryl methyl sites for hydroxylation is 1. The summed E-state index contributed by atoms with van der Waals surface area (Å²) in [6.07, 6.45) is 10.7. The number of benzene rings is 1. The lowest BCUT2D eigenvalue weighted by molar-refractivity contribution is -0.138. The van der Waals surface area contributed by atoms with Crippen LogP contribution >= 0.6 is 0 Å². The van der Waals surface area contributed by atoms with Crippen molar-refractivity contribution in [3.8, 4) is 0 Å². The molecule has 3 heterocycles. The Morgan fingerprint density at radius 3 is 2.71 bits per heavy atom. The molecule has 218 valence electrons. The van der Waals surface area contributed by atoms with E-state index in [1.165, 1.54) is 11.6 Å². The number of amides is 2. The molecule has 0 bridgehead atoms. The molecule has 2 aromatic heterocycles. The van der Waals surface area contributed by atoms with Crippen LogP contribution in [0.15, 0.2) is 49.2 Å². The van der Waals surface area contributed by atoms with Crippen molar-refractivity contribution < 1.29 is 18.4 Å². The quantitative estimate of drug-likeness (QED) is 0.398. The van der Waals surface area contributed by atoms with Crippen molar-refractivity contribution >= 4 is 17.6 Å². The minimum atomic E-state index is -0.886.